The second kappa shape index (κ2) is 14.9. The maximum Gasteiger partial charge on any atom is 0.310 e. The summed E-state index contributed by atoms with van der Waals surface area (Å²) in [7, 11) is 0. The molecule has 39 heavy (non-hydrogen) atoms. The van der Waals surface area contributed by atoms with Gasteiger partial charge in [-0.15, -0.1) is 0 Å². The standard InChI is InChI=1S/C34H41NO4/c1-4-26-16-18-27(19-17-26)11-7-8-22-39-31-15-10-13-29(24-31)21-20-28-12-9-14-30(23-28)35-32(36)25-34(5-2,6-3)33(37)38/h9-10,12-21,23-24H,4-8,11,22,25H2,1-3H3,(H,35,36)(H,37,38). The van der Waals surface area contributed by atoms with Crippen molar-refractivity contribution < 1.29 is 19.4 Å². The highest BCUT2D eigenvalue weighted by Gasteiger charge is 2.37. The largest absolute Gasteiger partial charge is 0.494 e. The van der Waals surface area contributed by atoms with E-state index in [1.165, 1.54) is 11.1 Å². The van der Waals surface area contributed by atoms with Crippen LogP contribution in [0.15, 0.2) is 72.8 Å². The highest BCUT2D eigenvalue weighted by atomic mass is 16.5. The molecule has 0 bridgehead atoms. The van der Waals surface area contributed by atoms with Crippen LogP contribution < -0.4 is 10.1 Å². The summed E-state index contributed by atoms with van der Waals surface area (Å²) in [5.41, 5.74) is 4.32. The van der Waals surface area contributed by atoms with Crippen LogP contribution in [0.4, 0.5) is 5.69 Å². The van der Waals surface area contributed by atoms with E-state index in [4.69, 9.17) is 4.74 Å². The van der Waals surface area contributed by atoms with Crippen LogP contribution in [0.1, 0.15) is 75.1 Å². The van der Waals surface area contributed by atoms with E-state index in [9.17, 15) is 14.7 Å². The van der Waals surface area contributed by atoms with E-state index in [-0.39, 0.29) is 12.3 Å². The first-order valence-electron chi connectivity index (χ1n) is 14.0. The van der Waals surface area contributed by atoms with Crippen LogP contribution in [0.5, 0.6) is 5.75 Å². The molecule has 0 spiro atoms. The number of nitrogens with one attached hydrogen (secondary N) is 1. The zero-order chi connectivity index (χ0) is 28.1. The first-order valence-corrected chi connectivity index (χ1v) is 14.0. The molecule has 3 aromatic rings. The topological polar surface area (TPSA) is 75.6 Å². The molecule has 3 aromatic carbocycles. The highest BCUT2D eigenvalue weighted by Crippen LogP contribution is 2.31. The van der Waals surface area contributed by atoms with Gasteiger partial charge in [0.05, 0.1) is 12.0 Å². The number of aliphatic carboxylic acids is 1. The van der Waals surface area contributed by atoms with Crippen molar-refractivity contribution in [3.63, 3.8) is 0 Å². The van der Waals surface area contributed by atoms with E-state index in [1.54, 1.807) is 0 Å². The summed E-state index contributed by atoms with van der Waals surface area (Å²) in [6, 6.07) is 24.4. The zero-order valence-corrected chi connectivity index (χ0v) is 23.4. The third kappa shape index (κ3) is 9.13. The lowest BCUT2D eigenvalue weighted by Gasteiger charge is -2.25. The fourth-order valence-electron chi connectivity index (χ4n) is 4.57. The summed E-state index contributed by atoms with van der Waals surface area (Å²) in [5.74, 6) is -0.371. The third-order valence-corrected chi connectivity index (χ3v) is 7.36. The number of ether oxygens (including phenoxy) is 1. The molecule has 0 aliphatic rings. The van der Waals surface area contributed by atoms with Gasteiger partial charge in [-0.05, 0) is 85.0 Å². The molecule has 5 heteroatoms. The fraction of sp³-hybridized carbons (Fsp3) is 0.353. The van der Waals surface area contributed by atoms with Gasteiger partial charge in [-0.3, -0.25) is 9.59 Å². The third-order valence-electron chi connectivity index (χ3n) is 7.36. The van der Waals surface area contributed by atoms with E-state index in [2.05, 4.69) is 36.5 Å². The predicted molar refractivity (Wildman–Crippen MR) is 160 cm³/mol. The Morgan fingerprint density at radius 1 is 0.846 bits per heavy atom. The molecule has 0 aliphatic heterocycles. The normalized spacial score (nSPS) is 11.5. The number of carbonyl (C=O) groups is 2. The molecule has 5 nitrogen and oxygen atoms in total. The number of unbranched alkanes of at least 4 members (excludes halogenated alkanes) is 1. The molecule has 0 atom stereocenters. The smallest absolute Gasteiger partial charge is 0.310 e. The minimum Gasteiger partial charge on any atom is -0.494 e. The fourth-order valence-corrected chi connectivity index (χ4v) is 4.57. The predicted octanol–water partition coefficient (Wildman–Crippen LogP) is 8.04. The van der Waals surface area contributed by atoms with E-state index >= 15 is 0 Å². The van der Waals surface area contributed by atoms with Gasteiger partial charge < -0.3 is 15.2 Å². The molecule has 0 saturated carbocycles. The minimum atomic E-state index is -1.03. The molecule has 0 radical (unpaired) electrons. The molecule has 0 fully saturated rings. The number of carboxylic acids is 1. The number of aryl methyl sites for hydroxylation is 2. The molecule has 0 heterocycles. The Balaban J connectivity index is 1.50. The maximum absolute atomic E-state index is 12.6. The van der Waals surface area contributed by atoms with Crippen LogP contribution in [-0.4, -0.2) is 23.6 Å². The molecule has 2 N–H and O–H groups in total. The zero-order valence-electron chi connectivity index (χ0n) is 23.4. The number of anilines is 1. The summed E-state index contributed by atoms with van der Waals surface area (Å²) in [6.45, 7) is 6.47. The molecule has 0 aromatic heterocycles. The quantitative estimate of drug-likeness (QED) is 0.155. The molecule has 3 rings (SSSR count). The molecule has 1 amide bonds. The van der Waals surface area contributed by atoms with Crippen molar-refractivity contribution in [2.45, 2.75) is 65.7 Å². The SMILES string of the molecule is CCc1ccc(CCCCOc2cccc(C=Cc3cccc(NC(=O)CC(CC)(CC)C(=O)O)c3)c2)cc1. The van der Waals surface area contributed by atoms with Crippen LogP contribution in [0.3, 0.4) is 0 Å². The first kappa shape index (κ1) is 29.7. The van der Waals surface area contributed by atoms with Gasteiger partial charge in [0, 0.05) is 12.1 Å². The van der Waals surface area contributed by atoms with Crippen molar-refractivity contribution in [3.8, 4) is 5.75 Å². The second-order valence-corrected chi connectivity index (χ2v) is 10.0. The van der Waals surface area contributed by atoms with Crippen molar-refractivity contribution in [1.29, 1.82) is 0 Å². The second-order valence-electron chi connectivity index (χ2n) is 10.0. The number of carbonyl (C=O) groups excluding carboxylic acids is 1. The summed E-state index contributed by atoms with van der Waals surface area (Å²) in [5, 5.41) is 12.5. The number of benzene rings is 3. The Labute approximate surface area is 232 Å². The molecule has 206 valence electrons. The highest BCUT2D eigenvalue weighted by molar-refractivity contribution is 5.94. The van der Waals surface area contributed by atoms with Crippen LogP contribution in [0, 0.1) is 5.41 Å². The summed E-state index contributed by atoms with van der Waals surface area (Å²) >= 11 is 0. The van der Waals surface area contributed by atoms with Gasteiger partial charge >= 0.3 is 5.97 Å². The van der Waals surface area contributed by atoms with Crippen molar-refractivity contribution >= 4 is 29.7 Å². The van der Waals surface area contributed by atoms with E-state index in [1.807, 2.05) is 74.5 Å². The number of hydrogen-bond donors (Lipinski definition) is 2. The van der Waals surface area contributed by atoms with Crippen molar-refractivity contribution in [3.05, 3.63) is 95.1 Å². The Hall–Kier alpha value is -3.86. The molecule has 0 unspecified atom stereocenters. The van der Waals surface area contributed by atoms with Gasteiger partial charge in [0.1, 0.15) is 5.75 Å². The number of hydrogen-bond acceptors (Lipinski definition) is 3. The van der Waals surface area contributed by atoms with Gasteiger partial charge in [0.2, 0.25) is 5.91 Å². The van der Waals surface area contributed by atoms with Crippen LogP contribution >= 0.6 is 0 Å². The van der Waals surface area contributed by atoms with Crippen LogP contribution in [0.25, 0.3) is 12.2 Å². The minimum absolute atomic E-state index is 0.0474. The van der Waals surface area contributed by atoms with Crippen molar-refractivity contribution in [2.75, 3.05) is 11.9 Å². The average Bonchev–Trinajstić information content (AvgIpc) is 2.95. The molecular weight excluding hydrogens is 486 g/mol. The Bertz CT molecular complexity index is 1240. The summed E-state index contributed by atoms with van der Waals surface area (Å²) in [4.78, 5) is 24.3. The lowest BCUT2D eigenvalue weighted by atomic mass is 9.79. The molecule has 0 saturated heterocycles. The van der Waals surface area contributed by atoms with Crippen LogP contribution in [0.2, 0.25) is 0 Å². The van der Waals surface area contributed by atoms with Gasteiger partial charge in [0.15, 0.2) is 0 Å². The first-order chi connectivity index (χ1) is 18.9. The summed E-state index contributed by atoms with van der Waals surface area (Å²) < 4.78 is 5.99. The number of amides is 1. The average molecular weight is 528 g/mol. The van der Waals surface area contributed by atoms with Gasteiger partial charge in [-0.2, -0.15) is 0 Å². The van der Waals surface area contributed by atoms with Crippen molar-refractivity contribution in [1.82, 2.24) is 0 Å². The van der Waals surface area contributed by atoms with Crippen LogP contribution in [-0.2, 0) is 22.4 Å². The Morgan fingerprint density at radius 3 is 2.13 bits per heavy atom. The Morgan fingerprint density at radius 2 is 1.49 bits per heavy atom. The summed E-state index contributed by atoms with van der Waals surface area (Å²) in [6.07, 6.45) is 8.99. The van der Waals surface area contributed by atoms with Gasteiger partial charge in [-0.1, -0.05) is 81.5 Å². The van der Waals surface area contributed by atoms with Crippen molar-refractivity contribution in [2.24, 2.45) is 5.41 Å². The molecule has 0 aliphatic carbocycles. The lowest BCUT2D eigenvalue weighted by Crippen LogP contribution is -2.34. The van der Waals surface area contributed by atoms with E-state index in [0.29, 0.717) is 25.1 Å². The van der Waals surface area contributed by atoms with E-state index in [0.717, 1.165) is 42.6 Å². The van der Waals surface area contributed by atoms with E-state index < -0.39 is 11.4 Å². The number of rotatable bonds is 15. The Kier molecular flexibility index (Phi) is 11.4. The van der Waals surface area contributed by atoms with Gasteiger partial charge in [0.25, 0.3) is 0 Å². The maximum atomic E-state index is 12.6. The lowest BCUT2D eigenvalue weighted by molar-refractivity contribution is -0.151. The molecular formula is C34H41NO4. The number of carboxylic acid groups (broad SMARTS) is 1. The monoisotopic (exact) mass is 527 g/mol. The van der Waals surface area contributed by atoms with Gasteiger partial charge in [-0.25, -0.2) is 0 Å².